The molecule has 0 fully saturated rings. The van der Waals surface area contributed by atoms with Crippen molar-refractivity contribution in [1.82, 2.24) is 0 Å². The van der Waals surface area contributed by atoms with Gasteiger partial charge >= 0.3 is 17.8 Å². The molecule has 0 saturated heterocycles. The Morgan fingerprint density at radius 1 is 1.05 bits per heavy atom. The van der Waals surface area contributed by atoms with Gasteiger partial charge in [0.25, 0.3) is 0 Å². The molecule has 8 heteroatoms. The molecule has 1 aliphatic rings. The van der Waals surface area contributed by atoms with Crippen molar-refractivity contribution in [3.8, 4) is 11.5 Å². The monoisotopic (exact) mass is 280 g/mol. The summed E-state index contributed by atoms with van der Waals surface area (Å²) in [4.78, 5) is 10.7. The number of alkyl halides is 4. The molecule has 1 aromatic rings. The molecule has 0 saturated carbocycles. The van der Waals surface area contributed by atoms with E-state index < -0.39 is 31.0 Å². The quantitative estimate of drug-likeness (QED) is 0.803. The summed E-state index contributed by atoms with van der Waals surface area (Å²) in [6, 6.07) is 3.12. The van der Waals surface area contributed by atoms with Gasteiger partial charge in [-0.3, -0.25) is 0 Å². The molecule has 0 unspecified atom stereocenters. The summed E-state index contributed by atoms with van der Waals surface area (Å²) in [5.41, 5.74) is -0.224. The Morgan fingerprint density at radius 3 is 2.11 bits per heavy atom. The van der Waals surface area contributed by atoms with Gasteiger partial charge in [0.2, 0.25) is 0 Å². The van der Waals surface area contributed by atoms with Gasteiger partial charge < -0.3 is 14.6 Å². The van der Waals surface area contributed by atoms with Crippen molar-refractivity contribution in [3.05, 3.63) is 23.8 Å². The smallest absolute Gasteiger partial charge is 0.346 e. The molecule has 1 aromatic carbocycles. The Bertz CT molecular complexity index is 515. The van der Waals surface area contributed by atoms with E-state index >= 15 is 0 Å². The van der Waals surface area contributed by atoms with Crippen molar-refractivity contribution < 1.29 is 36.9 Å². The maximum atomic E-state index is 13.1. The predicted molar refractivity (Wildman–Crippen MR) is 54.3 cm³/mol. The highest BCUT2D eigenvalue weighted by Crippen LogP contribution is 2.40. The van der Waals surface area contributed by atoms with Crippen LogP contribution in [0.4, 0.5) is 17.6 Å². The number of aromatic carboxylic acids is 1. The first-order chi connectivity index (χ1) is 8.73. The maximum absolute atomic E-state index is 13.1. The minimum Gasteiger partial charge on any atom is -0.483 e. The molecule has 0 atom stereocenters. The molecule has 1 aliphatic heterocycles. The lowest BCUT2D eigenvalue weighted by molar-refractivity contribution is -0.236. The third-order valence-electron chi connectivity index (χ3n) is 2.54. The fourth-order valence-electron chi connectivity index (χ4n) is 1.42. The third kappa shape index (κ3) is 2.42. The summed E-state index contributed by atoms with van der Waals surface area (Å²) < 4.78 is 61.5. The minimum atomic E-state index is -4.40. The zero-order chi connectivity index (χ0) is 14.3. The van der Waals surface area contributed by atoms with Crippen LogP contribution in [0.2, 0.25) is 0 Å². The van der Waals surface area contributed by atoms with E-state index in [0.717, 1.165) is 18.2 Å². The van der Waals surface area contributed by atoms with Gasteiger partial charge in [-0.05, 0) is 18.2 Å². The zero-order valence-corrected chi connectivity index (χ0v) is 9.33. The molecule has 1 heterocycles. The summed E-state index contributed by atoms with van der Waals surface area (Å²) in [7, 11) is 0. The van der Waals surface area contributed by atoms with Gasteiger partial charge in [0.15, 0.2) is 24.7 Å². The lowest BCUT2D eigenvalue weighted by Gasteiger charge is -2.29. The predicted octanol–water partition coefficient (Wildman–Crippen LogP) is 2.43. The van der Waals surface area contributed by atoms with Gasteiger partial charge in [0.1, 0.15) is 0 Å². The molecule has 0 spiro atoms. The number of hydrogen-bond donors (Lipinski definition) is 1. The van der Waals surface area contributed by atoms with E-state index in [0.29, 0.717) is 0 Å². The Labute approximate surface area is 104 Å². The number of carboxylic acids is 1. The SMILES string of the molecule is O=C(O)c1ccc2c(c1)OCC(F)(F)C(F)(F)CO2. The number of carbonyl (C=O) groups is 1. The molecule has 0 amide bonds. The second-order valence-corrected chi connectivity index (χ2v) is 3.95. The van der Waals surface area contributed by atoms with Crippen LogP contribution >= 0.6 is 0 Å². The fourth-order valence-corrected chi connectivity index (χ4v) is 1.42. The topological polar surface area (TPSA) is 55.8 Å². The standard InChI is InChI=1S/C11H8F4O4/c12-10(13)4-18-7-2-1-6(9(16)17)3-8(7)19-5-11(10,14)15/h1-3H,4-5H2,(H,16,17). The van der Waals surface area contributed by atoms with E-state index in [-0.39, 0.29) is 17.1 Å². The van der Waals surface area contributed by atoms with Crippen LogP contribution in [0.15, 0.2) is 18.2 Å². The molecule has 0 aliphatic carbocycles. The number of hydrogen-bond acceptors (Lipinski definition) is 3. The number of halogens is 4. The van der Waals surface area contributed by atoms with Crippen molar-refractivity contribution >= 4 is 5.97 Å². The van der Waals surface area contributed by atoms with E-state index in [1.54, 1.807) is 0 Å². The van der Waals surface area contributed by atoms with Crippen LogP contribution < -0.4 is 9.47 Å². The van der Waals surface area contributed by atoms with Gasteiger partial charge in [-0.25, -0.2) is 4.79 Å². The van der Waals surface area contributed by atoms with Crippen LogP contribution in [-0.4, -0.2) is 36.1 Å². The summed E-state index contributed by atoms with van der Waals surface area (Å²) in [5, 5.41) is 8.73. The number of rotatable bonds is 1. The first-order valence-corrected chi connectivity index (χ1v) is 5.11. The Morgan fingerprint density at radius 2 is 1.58 bits per heavy atom. The van der Waals surface area contributed by atoms with Crippen LogP contribution in [0, 0.1) is 0 Å². The number of fused-ring (bicyclic) bond motifs is 1. The van der Waals surface area contributed by atoms with Crippen LogP contribution in [0.5, 0.6) is 11.5 Å². The van der Waals surface area contributed by atoms with Crippen molar-refractivity contribution in [2.24, 2.45) is 0 Å². The third-order valence-corrected chi connectivity index (χ3v) is 2.54. The van der Waals surface area contributed by atoms with Gasteiger partial charge in [-0.15, -0.1) is 0 Å². The van der Waals surface area contributed by atoms with Gasteiger partial charge in [0.05, 0.1) is 5.56 Å². The van der Waals surface area contributed by atoms with Crippen molar-refractivity contribution in [1.29, 1.82) is 0 Å². The number of carboxylic acid groups (broad SMARTS) is 1. The molecular formula is C11H8F4O4. The molecule has 19 heavy (non-hydrogen) atoms. The van der Waals surface area contributed by atoms with Gasteiger partial charge in [0, 0.05) is 0 Å². The Hall–Kier alpha value is -1.99. The number of benzene rings is 1. The van der Waals surface area contributed by atoms with E-state index in [9.17, 15) is 22.4 Å². The summed E-state index contributed by atoms with van der Waals surface area (Å²) >= 11 is 0. The van der Waals surface area contributed by atoms with Gasteiger partial charge in [-0.2, -0.15) is 17.6 Å². The average molecular weight is 280 g/mol. The molecule has 0 aromatic heterocycles. The minimum absolute atomic E-state index is 0.208. The summed E-state index contributed by atoms with van der Waals surface area (Å²) in [6.07, 6.45) is 0. The fraction of sp³-hybridized carbons (Fsp3) is 0.364. The molecular weight excluding hydrogens is 272 g/mol. The normalized spacial score (nSPS) is 20.2. The maximum Gasteiger partial charge on any atom is 0.346 e. The van der Waals surface area contributed by atoms with Crippen molar-refractivity contribution in [2.75, 3.05) is 13.2 Å². The van der Waals surface area contributed by atoms with E-state index in [4.69, 9.17) is 5.11 Å². The molecule has 4 nitrogen and oxygen atoms in total. The van der Waals surface area contributed by atoms with Crippen LogP contribution in [0.25, 0.3) is 0 Å². The Balaban J connectivity index is 2.36. The molecule has 0 radical (unpaired) electrons. The highest BCUT2D eigenvalue weighted by Gasteiger charge is 2.58. The largest absolute Gasteiger partial charge is 0.483 e. The van der Waals surface area contributed by atoms with Crippen LogP contribution in [-0.2, 0) is 0 Å². The van der Waals surface area contributed by atoms with E-state index in [1.165, 1.54) is 0 Å². The Kier molecular flexibility index (Phi) is 3.03. The second kappa shape index (κ2) is 4.29. The summed E-state index contributed by atoms with van der Waals surface area (Å²) in [6.45, 7) is -3.07. The van der Waals surface area contributed by atoms with Crippen molar-refractivity contribution in [3.63, 3.8) is 0 Å². The lowest BCUT2D eigenvalue weighted by atomic mass is 10.1. The van der Waals surface area contributed by atoms with Crippen LogP contribution in [0.1, 0.15) is 10.4 Å². The highest BCUT2D eigenvalue weighted by molar-refractivity contribution is 5.88. The lowest BCUT2D eigenvalue weighted by Crippen LogP contribution is -2.50. The number of ether oxygens (including phenoxy) is 2. The van der Waals surface area contributed by atoms with Crippen LogP contribution in [0.3, 0.4) is 0 Å². The average Bonchev–Trinajstić information content (AvgIpc) is 2.33. The first kappa shape index (κ1) is 13.4. The molecule has 2 rings (SSSR count). The van der Waals surface area contributed by atoms with E-state index in [2.05, 4.69) is 9.47 Å². The first-order valence-electron chi connectivity index (χ1n) is 5.11. The van der Waals surface area contributed by atoms with Gasteiger partial charge in [-0.1, -0.05) is 0 Å². The van der Waals surface area contributed by atoms with Crippen molar-refractivity contribution in [2.45, 2.75) is 11.8 Å². The zero-order valence-electron chi connectivity index (χ0n) is 9.33. The molecule has 1 N–H and O–H groups in total. The van der Waals surface area contributed by atoms with E-state index in [1.807, 2.05) is 0 Å². The summed E-state index contributed by atoms with van der Waals surface area (Å²) in [5.74, 6) is -10.6. The highest BCUT2D eigenvalue weighted by atomic mass is 19.3. The molecule has 0 bridgehead atoms. The second-order valence-electron chi connectivity index (χ2n) is 3.95. The molecule has 104 valence electrons.